The molecule has 0 unspecified atom stereocenters. The molecule has 0 bridgehead atoms. The summed E-state index contributed by atoms with van der Waals surface area (Å²) in [5.74, 6) is 1.95. The fourth-order valence-corrected chi connectivity index (χ4v) is 4.55. The van der Waals surface area contributed by atoms with Gasteiger partial charge in [0.1, 0.15) is 12.1 Å². The second-order valence-corrected chi connectivity index (χ2v) is 10.9. The number of carbonyl (C=O) groups excluding carboxylic acids is 3. The van der Waals surface area contributed by atoms with Crippen molar-refractivity contribution < 1.29 is 14.4 Å². The molecule has 1 heterocycles. The first-order chi connectivity index (χ1) is 21.8. The number of carbonyl (C=O) groups is 3. The molecule has 0 aliphatic carbocycles. The first-order valence-corrected chi connectivity index (χ1v) is 17.3. The Hall–Kier alpha value is -3.27. The zero-order chi connectivity index (χ0) is 34.6. The molecule has 1 aliphatic heterocycles. The van der Waals surface area contributed by atoms with Crippen LogP contribution in [0.3, 0.4) is 0 Å². The van der Waals surface area contributed by atoms with Gasteiger partial charge < -0.3 is 20.4 Å². The standard InChI is InChI=1S/C20H17N3O3.C7H17N.C5H13NS.2C2H6/c1-21-20-7-13(10-24)6-16-4-2-15(9-19(16)23-20)14-3-5-17(11-25)18(8-14)22-12-26;1-4-6-8(3)7-5-2;1-6(2)4-5-7-3;2*1-2/h2-6,8-12H,7H2,1H3,(H,21,23)(H,22,26);4-7H2,1-3H3;4-5H2,1-3H3;2*1-2H3. The highest BCUT2D eigenvalue weighted by molar-refractivity contribution is 7.98. The third kappa shape index (κ3) is 18.3. The predicted molar refractivity (Wildman–Crippen MR) is 200 cm³/mol. The van der Waals surface area contributed by atoms with E-state index in [1.165, 1.54) is 38.2 Å². The molecular formula is C36H59N5O3S. The summed E-state index contributed by atoms with van der Waals surface area (Å²) in [6, 6.07) is 11.0. The minimum atomic E-state index is 0.410. The van der Waals surface area contributed by atoms with Crippen molar-refractivity contribution in [3.63, 3.8) is 0 Å². The average molecular weight is 642 g/mol. The van der Waals surface area contributed by atoms with Crippen LogP contribution in [0.25, 0.3) is 17.2 Å². The molecule has 2 aromatic rings. The van der Waals surface area contributed by atoms with Crippen LogP contribution in [0.1, 0.15) is 76.7 Å². The molecule has 252 valence electrons. The van der Waals surface area contributed by atoms with Crippen molar-refractivity contribution in [2.24, 2.45) is 4.99 Å². The quantitative estimate of drug-likeness (QED) is 0.228. The Morgan fingerprint density at radius 3 is 1.96 bits per heavy atom. The van der Waals surface area contributed by atoms with E-state index >= 15 is 0 Å². The Bertz CT molecular complexity index is 1160. The van der Waals surface area contributed by atoms with Crippen molar-refractivity contribution in [1.29, 1.82) is 0 Å². The number of benzene rings is 2. The Morgan fingerprint density at radius 2 is 1.49 bits per heavy atom. The fourth-order valence-electron chi connectivity index (χ4n) is 4.00. The third-order valence-electron chi connectivity index (χ3n) is 6.15. The lowest BCUT2D eigenvalue weighted by Crippen LogP contribution is -2.19. The molecule has 0 radical (unpaired) electrons. The molecular weight excluding hydrogens is 582 g/mol. The van der Waals surface area contributed by atoms with Crippen LogP contribution in [0.5, 0.6) is 0 Å². The molecule has 1 aliphatic rings. The summed E-state index contributed by atoms with van der Waals surface area (Å²) in [6.07, 6.45) is 9.05. The molecule has 0 saturated heterocycles. The molecule has 1 amide bonds. The van der Waals surface area contributed by atoms with E-state index in [-0.39, 0.29) is 0 Å². The maximum atomic E-state index is 11.2. The summed E-state index contributed by atoms with van der Waals surface area (Å²) in [4.78, 5) is 41.8. The van der Waals surface area contributed by atoms with E-state index in [1.54, 1.807) is 19.2 Å². The molecule has 3 rings (SSSR count). The summed E-state index contributed by atoms with van der Waals surface area (Å²) in [6.45, 7) is 16.1. The Labute approximate surface area is 278 Å². The molecule has 2 N–H and O–H groups in total. The Balaban J connectivity index is 0. The van der Waals surface area contributed by atoms with Crippen molar-refractivity contribution in [1.82, 2.24) is 9.80 Å². The van der Waals surface area contributed by atoms with Crippen molar-refractivity contribution in [3.05, 3.63) is 53.1 Å². The van der Waals surface area contributed by atoms with Crippen LogP contribution < -0.4 is 10.6 Å². The van der Waals surface area contributed by atoms with Gasteiger partial charge in [0.25, 0.3) is 0 Å². The van der Waals surface area contributed by atoms with Crippen LogP contribution in [0.4, 0.5) is 11.4 Å². The Kier molecular flexibility index (Phi) is 27.5. The zero-order valence-electron chi connectivity index (χ0n) is 29.7. The Morgan fingerprint density at radius 1 is 0.889 bits per heavy atom. The van der Waals surface area contributed by atoms with E-state index in [0.717, 1.165) is 28.7 Å². The number of anilines is 2. The topological polar surface area (TPSA) is 94.1 Å². The van der Waals surface area contributed by atoms with E-state index < -0.39 is 0 Å². The SMILES string of the molecule is CC.CC.CCCN(C)CCC.CN=C1CC(C=O)=Cc2ccc(-c3ccc(C=O)c(NC=O)c3)cc2N1.CSCCN(C)C. The minimum absolute atomic E-state index is 0.410. The summed E-state index contributed by atoms with van der Waals surface area (Å²) >= 11 is 1.89. The lowest BCUT2D eigenvalue weighted by molar-refractivity contribution is -0.105. The predicted octanol–water partition coefficient (Wildman–Crippen LogP) is 7.86. The molecule has 9 heteroatoms. The van der Waals surface area contributed by atoms with Crippen LogP contribution in [0.15, 0.2) is 47.0 Å². The van der Waals surface area contributed by atoms with E-state index in [0.29, 0.717) is 41.8 Å². The maximum Gasteiger partial charge on any atom is 0.211 e. The number of amidine groups is 1. The fraction of sp³-hybridized carbons (Fsp3) is 0.500. The number of hydrogen-bond donors (Lipinski definition) is 2. The van der Waals surface area contributed by atoms with Crippen molar-refractivity contribution in [2.75, 3.05) is 70.5 Å². The summed E-state index contributed by atoms with van der Waals surface area (Å²) in [5, 5.41) is 5.80. The second kappa shape index (κ2) is 28.2. The molecule has 0 fully saturated rings. The van der Waals surface area contributed by atoms with Crippen LogP contribution >= 0.6 is 11.8 Å². The van der Waals surface area contributed by atoms with Gasteiger partial charge in [-0.15, -0.1) is 0 Å². The van der Waals surface area contributed by atoms with Crippen LogP contribution in [-0.4, -0.2) is 94.5 Å². The summed E-state index contributed by atoms with van der Waals surface area (Å²) in [7, 11) is 8.04. The molecule has 0 aromatic heterocycles. The molecule has 8 nitrogen and oxygen atoms in total. The van der Waals surface area contributed by atoms with Crippen molar-refractivity contribution in [2.45, 2.75) is 60.8 Å². The van der Waals surface area contributed by atoms with Gasteiger partial charge in [-0.1, -0.05) is 59.7 Å². The number of aliphatic imine (C=N–C) groups is 1. The normalized spacial score (nSPS) is 12.1. The average Bonchev–Trinajstić information content (AvgIpc) is 3.25. The van der Waals surface area contributed by atoms with Gasteiger partial charge in [0, 0.05) is 42.6 Å². The summed E-state index contributed by atoms with van der Waals surface area (Å²) in [5.41, 5.74) is 5.00. The minimum Gasteiger partial charge on any atom is -0.343 e. The second-order valence-electron chi connectivity index (χ2n) is 9.89. The van der Waals surface area contributed by atoms with Gasteiger partial charge in [-0.3, -0.25) is 19.4 Å². The third-order valence-corrected chi connectivity index (χ3v) is 6.74. The number of fused-ring (bicyclic) bond motifs is 1. The lowest BCUT2D eigenvalue weighted by Gasteiger charge is -2.12. The van der Waals surface area contributed by atoms with Gasteiger partial charge >= 0.3 is 0 Å². The van der Waals surface area contributed by atoms with Crippen LogP contribution in [0.2, 0.25) is 0 Å². The van der Waals surface area contributed by atoms with Crippen LogP contribution in [-0.2, 0) is 9.59 Å². The molecule has 0 spiro atoms. The monoisotopic (exact) mass is 641 g/mol. The number of nitrogens with zero attached hydrogens (tertiary/aromatic N) is 3. The van der Waals surface area contributed by atoms with E-state index in [4.69, 9.17) is 0 Å². The highest BCUT2D eigenvalue weighted by Gasteiger charge is 2.14. The van der Waals surface area contributed by atoms with Crippen molar-refractivity contribution >= 4 is 54.0 Å². The largest absolute Gasteiger partial charge is 0.343 e. The van der Waals surface area contributed by atoms with Gasteiger partial charge in [-0.25, -0.2) is 0 Å². The van der Waals surface area contributed by atoms with Gasteiger partial charge in [-0.05, 0) is 94.3 Å². The van der Waals surface area contributed by atoms with E-state index in [9.17, 15) is 14.4 Å². The highest BCUT2D eigenvalue weighted by atomic mass is 32.2. The molecule has 2 aromatic carbocycles. The molecule has 0 atom stereocenters. The highest BCUT2D eigenvalue weighted by Crippen LogP contribution is 2.31. The molecule has 0 saturated carbocycles. The smallest absolute Gasteiger partial charge is 0.211 e. The van der Waals surface area contributed by atoms with E-state index in [2.05, 4.69) is 66.7 Å². The zero-order valence-corrected chi connectivity index (χ0v) is 30.5. The first-order valence-electron chi connectivity index (χ1n) is 15.9. The number of aldehydes is 2. The number of hydrogen-bond acceptors (Lipinski definition) is 7. The van der Waals surface area contributed by atoms with E-state index in [1.807, 2.05) is 69.8 Å². The number of thioether (sulfide) groups is 1. The van der Waals surface area contributed by atoms with Gasteiger partial charge in [-0.2, -0.15) is 11.8 Å². The lowest BCUT2D eigenvalue weighted by atomic mass is 9.99. The summed E-state index contributed by atoms with van der Waals surface area (Å²) < 4.78 is 0. The molecule has 45 heavy (non-hydrogen) atoms. The van der Waals surface area contributed by atoms with Crippen molar-refractivity contribution in [3.8, 4) is 11.1 Å². The number of rotatable bonds is 12. The van der Waals surface area contributed by atoms with Gasteiger partial charge in [0.05, 0.1) is 5.69 Å². The first kappa shape index (κ1) is 43.9. The van der Waals surface area contributed by atoms with Crippen LogP contribution in [0, 0.1) is 0 Å². The number of amides is 1. The maximum absolute atomic E-state index is 11.2. The van der Waals surface area contributed by atoms with Gasteiger partial charge in [0.2, 0.25) is 6.41 Å². The number of nitrogens with one attached hydrogen (secondary N) is 2. The van der Waals surface area contributed by atoms with Gasteiger partial charge in [0.15, 0.2) is 6.29 Å².